The van der Waals surface area contributed by atoms with Gasteiger partial charge in [0.2, 0.25) is 0 Å². The molecule has 30 heavy (non-hydrogen) atoms. The zero-order valence-electron chi connectivity index (χ0n) is 17.4. The van der Waals surface area contributed by atoms with E-state index in [1.807, 2.05) is 32.0 Å². The summed E-state index contributed by atoms with van der Waals surface area (Å²) in [7, 11) is 0. The van der Waals surface area contributed by atoms with Gasteiger partial charge in [-0.3, -0.25) is 4.98 Å². The minimum Gasteiger partial charge on any atom is -0.492 e. The predicted molar refractivity (Wildman–Crippen MR) is 113 cm³/mol. The molecule has 0 unspecified atom stereocenters. The first kappa shape index (κ1) is 19.9. The standard InChI is InChI=1S/C22H25N5O3/c1-4-28-19-9-16(12-24-15(19)3)18-10-20(27-13-26-18)25-11-14(2)17-5-6-23-22-21(17)29-7-8-30-22/h5-6,9-10,12-14H,4,7-8,11H2,1-3H3,(H,25,26,27)/t14-/m1/s1. The largest absolute Gasteiger partial charge is 0.492 e. The second kappa shape index (κ2) is 8.94. The molecule has 0 radical (unpaired) electrons. The van der Waals surface area contributed by atoms with Gasteiger partial charge in [-0.15, -0.1) is 0 Å². The van der Waals surface area contributed by atoms with E-state index in [0.717, 1.165) is 39.8 Å². The Morgan fingerprint density at radius 3 is 2.87 bits per heavy atom. The molecular weight excluding hydrogens is 382 g/mol. The van der Waals surface area contributed by atoms with Gasteiger partial charge in [-0.05, 0) is 26.0 Å². The summed E-state index contributed by atoms with van der Waals surface area (Å²) < 4.78 is 17.0. The Morgan fingerprint density at radius 2 is 2.00 bits per heavy atom. The molecule has 0 aliphatic carbocycles. The third-order valence-corrected chi connectivity index (χ3v) is 4.89. The maximum atomic E-state index is 5.79. The van der Waals surface area contributed by atoms with Gasteiger partial charge in [-0.2, -0.15) is 0 Å². The SMILES string of the molecule is CCOc1cc(-c2cc(NC[C@@H](C)c3ccnc4c3OCCO4)ncn2)cnc1C. The van der Waals surface area contributed by atoms with Crippen LogP contribution in [0.5, 0.6) is 17.4 Å². The number of hydrogen-bond donors (Lipinski definition) is 1. The average molecular weight is 407 g/mol. The number of nitrogens with zero attached hydrogens (tertiary/aromatic N) is 4. The monoisotopic (exact) mass is 407 g/mol. The second-order valence-electron chi connectivity index (χ2n) is 7.04. The highest BCUT2D eigenvalue weighted by atomic mass is 16.6. The topological polar surface area (TPSA) is 91.3 Å². The van der Waals surface area contributed by atoms with Crippen LogP contribution in [0.1, 0.15) is 31.0 Å². The molecule has 0 amide bonds. The minimum absolute atomic E-state index is 0.174. The summed E-state index contributed by atoms with van der Waals surface area (Å²) in [5.74, 6) is 2.97. The highest BCUT2D eigenvalue weighted by Gasteiger charge is 2.20. The van der Waals surface area contributed by atoms with E-state index >= 15 is 0 Å². The van der Waals surface area contributed by atoms with E-state index in [1.165, 1.54) is 0 Å². The Hall–Kier alpha value is -3.42. The van der Waals surface area contributed by atoms with Gasteiger partial charge in [-0.25, -0.2) is 15.0 Å². The maximum absolute atomic E-state index is 5.79. The Balaban J connectivity index is 1.49. The molecular formula is C22H25N5O3. The van der Waals surface area contributed by atoms with Crippen molar-refractivity contribution in [3.05, 3.63) is 48.2 Å². The summed E-state index contributed by atoms with van der Waals surface area (Å²) in [5, 5.41) is 3.39. The molecule has 0 fully saturated rings. The van der Waals surface area contributed by atoms with Crippen molar-refractivity contribution in [1.29, 1.82) is 0 Å². The van der Waals surface area contributed by atoms with Gasteiger partial charge in [0.05, 0.1) is 18.0 Å². The smallest absolute Gasteiger partial charge is 0.257 e. The highest BCUT2D eigenvalue weighted by molar-refractivity contribution is 5.63. The van der Waals surface area contributed by atoms with Crippen LogP contribution in [-0.4, -0.2) is 46.3 Å². The molecule has 4 heterocycles. The van der Waals surface area contributed by atoms with Gasteiger partial charge in [0, 0.05) is 42.0 Å². The Bertz CT molecular complexity index is 1030. The number of ether oxygens (including phenoxy) is 3. The molecule has 1 atom stereocenters. The average Bonchev–Trinajstić information content (AvgIpc) is 2.79. The van der Waals surface area contributed by atoms with Crippen LogP contribution in [0, 0.1) is 6.92 Å². The lowest BCUT2D eigenvalue weighted by molar-refractivity contribution is 0.162. The Morgan fingerprint density at radius 1 is 1.13 bits per heavy atom. The summed E-state index contributed by atoms with van der Waals surface area (Å²) in [6, 6.07) is 5.84. The lowest BCUT2D eigenvalue weighted by Crippen LogP contribution is -2.19. The molecule has 0 bridgehead atoms. The van der Waals surface area contributed by atoms with Crippen LogP contribution in [0.4, 0.5) is 5.82 Å². The lowest BCUT2D eigenvalue weighted by atomic mass is 10.0. The van der Waals surface area contributed by atoms with E-state index < -0.39 is 0 Å². The molecule has 1 N–H and O–H groups in total. The van der Waals surface area contributed by atoms with Crippen molar-refractivity contribution in [2.45, 2.75) is 26.7 Å². The zero-order chi connectivity index (χ0) is 20.9. The van der Waals surface area contributed by atoms with Crippen LogP contribution < -0.4 is 19.5 Å². The van der Waals surface area contributed by atoms with Crippen molar-refractivity contribution in [2.75, 3.05) is 31.7 Å². The van der Waals surface area contributed by atoms with Crippen LogP contribution in [0.15, 0.2) is 36.9 Å². The first-order valence-corrected chi connectivity index (χ1v) is 10.1. The van der Waals surface area contributed by atoms with E-state index in [0.29, 0.717) is 32.2 Å². The van der Waals surface area contributed by atoms with Gasteiger partial charge in [-0.1, -0.05) is 6.92 Å². The number of aryl methyl sites for hydroxylation is 1. The van der Waals surface area contributed by atoms with E-state index in [-0.39, 0.29) is 5.92 Å². The number of fused-ring (bicyclic) bond motifs is 1. The van der Waals surface area contributed by atoms with Crippen molar-refractivity contribution in [3.63, 3.8) is 0 Å². The summed E-state index contributed by atoms with van der Waals surface area (Å²) in [6.45, 7) is 8.34. The van der Waals surface area contributed by atoms with Crippen molar-refractivity contribution in [2.24, 2.45) is 0 Å². The molecule has 156 valence electrons. The van der Waals surface area contributed by atoms with E-state index in [4.69, 9.17) is 14.2 Å². The first-order chi connectivity index (χ1) is 14.7. The molecule has 8 heteroatoms. The van der Waals surface area contributed by atoms with E-state index in [9.17, 15) is 0 Å². The van der Waals surface area contributed by atoms with E-state index in [1.54, 1.807) is 18.7 Å². The summed E-state index contributed by atoms with van der Waals surface area (Å²) in [6.07, 6.45) is 5.10. The molecule has 1 aliphatic heterocycles. The van der Waals surface area contributed by atoms with Crippen molar-refractivity contribution in [3.8, 4) is 28.6 Å². The highest BCUT2D eigenvalue weighted by Crippen LogP contribution is 2.35. The number of nitrogens with one attached hydrogen (secondary N) is 1. The molecule has 3 aromatic rings. The fourth-order valence-electron chi connectivity index (χ4n) is 3.30. The summed E-state index contributed by atoms with van der Waals surface area (Å²) >= 11 is 0. The van der Waals surface area contributed by atoms with Gasteiger partial charge in [0.15, 0.2) is 5.75 Å². The van der Waals surface area contributed by atoms with Crippen molar-refractivity contribution in [1.82, 2.24) is 19.9 Å². The Kier molecular flexibility index (Phi) is 5.92. The molecule has 1 aliphatic rings. The van der Waals surface area contributed by atoms with Gasteiger partial charge < -0.3 is 19.5 Å². The lowest BCUT2D eigenvalue weighted by Gasteiger charge is -2.22. The van der Waals surface area contributed by atoms with Crippen LogP contribution in [0.2, 0.25) is 0 Å². The third-order valence-electron chi connectivity index (χ3n) is 4.89. The normalized spacial score (nSPS) is 13.6. The Labute approximate surface area is 175 Å². The fourth-order valence-corrected chi connectivity index (χ4v) is 3.30. The molecule has 0 aromatic carbocycles. The number of hydrogen-bond acceptors (Lipinski definition) is 8. The van der Waals surface area contributed by atoms with Crippen molar-refractivity contribution < 1.29 is 14.2 Å². The first-order valence-electron chi connectivity index (χ1n) is 10.1. The van der Waals surface area contributed by atoms with Crippen LogP contribution >= 0.6 is 0 Å². The quantitative estimate of drug-likeness (QED) is 0.635. The van der Waals surface area contributed by atoms with Gasteiger partial charge in [0.25, 0.3) is 5.88 Å². The molecule has 0 spiro atoms. The summed E-state index contributed by atoms with van der Waals surface area (Å²) in [4.78, 5) is 17.4. The van der Waals surface area contributed by atoms with E-state index in [2.05, 4.69) is 32.2 Å². The molecule has 8 nitrogen and oxygen atoms in total. The maximum Gasteiger partial charge on any atom is 0.257 e. The zero-order valence-corrected chi connectivity index (χ0v) is 17.4. The molecule has 0 saturated carbocycles. The van der Waals surface area contributed by atoms with Crippen LogP contribution in [-0.2, 0) is 0 Å². The van der Waals surface area contributed by atoms with Crippen molar-refractivity contribution >= 4 is 5.82 Å². The minimum atomic E-state index is 0.174. The molecule has 3 aromatic heterocycles. The van der Waals surface area contributed by atoms with Crippen LogP contribution in [0.25, 0.3) is 11.3 Å². The third kappa shape index (κ3) is 4.27. The number of aromatic nitrogens is 4. The summed E-state index contributed by atoms with van der Waals surface area (Å²) in [5.41, 5.74) is 3.59. The second-order valence-corrected chi connectivity index (χ2v) is 7.04. The molecule has 0 saturated heterocycles. The molecule has 4 rings (SSSR count). The number of pyridine rings is 2. The fraction of sp³-hybridized carbons (Fsp3) is 0.364. The number of anilines is 1. The van der Waals surface area contributed by atoms with Crippen LogP contribution in [0.3, 0.4) is 0 Å². The van der Waals surface area contributed by atoms with Gasteiger partial charge >= 0.3 is 0 Å². The number of rotatable bonds is 7. The van der Waals surface area contributed by atoms with Gasteiger partial charge in [0.1, 0.15) is 31.1 Å². The predicted octanol–water partition coefficient (Wildman–Crippen LogP) is 3.63.